The van der Waals surface area contributed by atoms with Crippen molar-refractivity contribution < 1.29 is 16.8 Å². The summed E-state index contributed by atoms with van der Waals surface area (Å²) >= 11 is 0. The Morgan fingerprint density at radius 3 is 2.50 bits per heavy atom. The second kappa shape index (κ2) is 8.24. The summed E-state index contributed by atoms with van der Waals surface area (Å²) in [6.45, 7) is 0.424. The Hall–Kier alpha value is 1.24. The van der Waals surface area contributed by atoms with Crippen LogP contribution < -0.4 is 5.73 Å². The standard InChI is InChI=1S/C2H6NO3P.Ca.2H/c3-1-2-6-7(4)5;;;/h1-3H2;;;/q;+2;2*-1/p+1. The van der Waals surface area contributed by atoms with Crippen LogP contribution in [0.5, 0.6) is 0 Å². The van der Waals surface area contributed by atoms with Crippen molar-refractivity contribution in [2.24, 2.45) is 5.73 Å². The van der Waals surface area contributed by atoms with E-state index in [0.29, 0.717) is 0 Å². The molecule has 46 valence electrons. The third kappa shape index (κ3) is 10.3. The average molecular weight is 166 g/mol. The summed E-state index contributed by atoms with van der Waals surface area (Å²) in [7, 11) is -2.44. The van der Waals surface area contributed by atoms with Gasteiger partial charge in [-0.15, -0.1) is 9.42 Å². The molecular formula is C2H9CaNO3P+. The normalized spacial score (nSPS) is 10.0. The van der Waals surface area contributed by atoms with Gasteiger partial charge in [0, 0.05) is 11.1 Å². The molecule has 0 bridgehead atoms. The first-order valence-corrected chi connectivity index (χ1v) is 2.89. The van der Waals surface area contributed by atoms with Gasteiger partial charge in [0.1, 0.15) is 6.61 Å². The van der Waals surface area contributed by atoms with Crippen LogP contribution in [0.25, 0.3) is 0 Å². The van der Waals surface area contributed by atoms with Gasteiger partial charge >= 0.3 is 46.0 Å². The van der Waals surface area contributed by atoms with E-state index >= 15 is 0 Å². The van der Waals surface area contributed by atoms with Gasteiger partial charge in [-0.25, -0.2) is 0 Å². The van der Waals surface area contributed by atoms with Gasteiger partial charge < -0.3 is 8.59 Å². The Balaban J connectivity index is -0.0000000600. The fourth-order valence-electron chi connectivity index (χ4n) is 0.131. The third-order valence-corrected chi connectivity index (χ3v) is 0.723. The maximum Gasteiger partial charge on any atom is 2.00 e. The molecule has 6 heteroatoms. The Labute approximate surface area is 81.3 Å². The predicted octanol–water partition coefficient (Wildman–Crippen LogP) is -0.544. The van der Waals surface area contributed by atoms with E-state index in [2.05, 4.69) is 4.52 Å². The van der Waals surface area contributed by atoms with Crippen LogP contribution in [0.2, 0.25) is 0 Å². The molecule has 1 atom stereocenters. The van der Waals surface area contributed by atoms with E-state index in [0.717, 1.165) is 0 Å². The maximum atomic E-state index is 9.63. The topological polar surface area (TPSA) is 72.5 Å². The van der Waals surface area contributed by atoms with Crippen molar-refractivity contribution >= 4 is 46.0 Å². The SMILES string of the molecule is NCCO[P+](=O)O.[Ca+2].[H-].[H-]. The van der Waals surface area contributed by atoms with Crippen LogP contribution in [0.15, 0.2) is 0 Å². The maximum absolute atomic E-state index is 9.63. The van der Waals surface area contributed by atoms with E-state index in [-0.39, 0.29) is 53.7 Å². The molecule has 0 aromatic carbocycles. The van der Waals surface area contributed by atoms with E-state index in [4.69, 9.17) is 10.6 Å². The van der Waals surface area contributed by atoms with E-state index < -0.39 is 8.25 Å². The second-order valence-corrected chi connectivity index (χ2v) is 1.59. The van der Waals surface area contributed by atoms with E-state index in [9.17, 15) is 4.57 Å². The first kappa shape index (κ1) is 12.0. The Morgan fingerprint density at radius 2 is 2.38 bits per heavy atom. The molecule has 8 heavy (non-hydrogen) atoms. The summed E-state index contributed by atoms with van der Waals surface area (Å²) in [5.41, 5.74) is 4.91. The molecule has 0 heterocycles. The minimum absolute atomic E-state index is 0. The van der Waals surface area contributed by atoms with Crippen molar-refractivity contribution in [2.75, 3.05) is 13.2 Å². The van der Waals surface area contributed by atoms with Crippen LogP contribution >= 0.6 is 8.25 Å². The smallest absolute Gasteiger partial charge is 1.00 e. The van der Waals surface area contributed by atoms with Crippen LogP contribution in [0.4, 0.5) is 0 Å². The largest absolute Gasteiger partial charge is 2.00 e. The summed E-state index contributed by atoms with van der Waals surface area (Å²) in [6.07, 6.45) is 0. The molecule has 0 saturated carbocycles. The number of nitrogens with two attached hydrogens (primary N) is 1. The Bertz CT molecular complexity index is 77.5. The van der Waals surface area contributed by atoms with Crippen molar-refractivity contribution in [3.8, 4) is 0 Å². The number of hydrogen-bond acceptors (Lipinski definition) is 3. The molecule has 0 spiro atoms. The quantitative estimate of drug-likeness (QED) is 0.436. The molecule has 0 saturated heterocycles. The van der Waals surface area contributed by atoms with Crippen molar-refractivity contribution in [3.05, 3.63) is 0 Å². The molecule has 0 aliphatic rings. The summed E-state index contributed by atoms with van der Waals surface area (Å²) in [6, 6.07) is 0. The van der Waals surface area contributed by atoms with Crippen molar-refractivity contribution in [2.45, 2.75) is 0 Å². The van der Waals surface area contributed by atoms with Crippen LogP contribution in [-0.4, -0.2) is 55.8 Å². The van der Waals surface area contributed by atoms with Crippen LogP contribution in [-0.2, 0) is 9.09 Å². The first-order chi connectivity index (χ1) is 3.27. The van der Waals surface area contributed by atoms with Gasteiger partial charge in [-0.3, -0.25) is 0 Å². The molecule has 3 N–H and O–H groups in total. The fraction of sp³-hybridized carbons (Fsp3) is 1.00. The van der Waals surface area contributed by atoms with Crippen molar-refractivity contribution in [3.63, 3.8) is 0 Å². The van der Waals surface area contributed by atoms with E-state index in [1.165, 1.54) is 0 Å². The second-order valence-electron chi connectivity index (χ2n) is 0.860. The molecule has 0 aromatic rings. The zero-order valence-electron chi connectivity index (χ0n) is 6.41. The molecule has 0 rings (SSSR count). The molecule has 0 aromatic heterocycles. The third-order valence-electron chi connectivity index (χ3n) is 0.320. The van der Waals surface area contributed by atoms with Gasteiger partial charge in [0.25, 0.3) is 0 Å². The average Bonchev–Trinajstić information content (AvgIpc) is 1.61. The summed E-state index contributed by atoms with van der Waals surface area (Å²) < 4.78 is 13.8. The first-order valence-electron chi connectivity index (χ1n) is 1.76. The molecular weight excluding hydrogens is 157 g/mol. The number of hydrogen-bond donors (Lipinski definition) is 2. The summed E-state index contributed by atoms with van der Waals surface area (Å²) in [5.74, 6) is 0. The summed E-state index contributed by atoms with van der Waals surface area (Å²) in [5, 5.41) is 0. The van der Waals surface area contributed by atoms with Crippen LogP contribution in [0.1, 0.15) is 2.85 Å². The van der Waals surface area contributed by atoms with E-state index in [1.54, 1.807) is 0 Å². The number of rotatable bonds is 3. The Kier molecular flexibility index (Phi) is 12.3. The van der Waals surface area contributed by atoms with Gasteiger partial charge in [0.05, 0.1) is 0 Å². The van der Waals surface area contributed by atoms with Gasteiger partial charge in [-0.1, -0.05) is 0 Å². The molecule has 0 aliphatic heterocycles. The molecule has 0 amide bonds. The van der Waals surface area contributed by atoms with Gasteiger partial charge in [0.2, 0.25) is 0 Å². The minimum atomic E-state index is -2.44. The van der Waals surface area contributed by atoms with Crippen molar-refractivity contribution in [1.29, 1.82) is 0 Å². The molecule has 0 radical (unpaired) electrons. The molecule has 0 fully saturated rings. The predicted molar refractivity (Wildman–Crippen MR) is 32.8 cm³/mol. The zero-order chi connectivity index (χ0) is 5.70. The summed E-state index contributed by atoms with van der Waals surface area (Å²) in [4.78, 5) is 7.91. The molecule has 0 aliphatic carbocycles. The fourth-order valence-corrected chi connectivity index (χ4v) is 0.392. The molecule has 4 nitrogen and oxygen atoms in total. The van der Waals surface area contributed by atoms with Gasteiger partial charge in [0.15, 0.2) is 0 Å². The monoisotopic (exact) mass is 166 g/mol. The van der Waals surface area contributed by atoms with E-state index in [1.807, 2.05) is 0 Å². The van der Waals surface area contributed by atoms with Crippen molar-refractivity contribution in [1.82, 2.24) is 0 Å². The molecule has 1 unspecified atom stereocenters. The van der Waals surface area contributed by atoms with Crippen LogP contribution in [0.3, 0.4) is 0 Å². The van der Waals surface area contributed by atoms with Gasteiger partial charge in [-0.05, 0) is 0 Å². The minimum Gasteiger partial charge on any atom is -1.00 e. The zero-order valence-corrected chi connectivity index (χ0v) is 7.51. The Morgan fingerprint density at radius 1 is 1.88 bits per heavy atom. The van der Waals surface area contributed by atoms with Crippen LogP contribution in [0, 0.1) is 0 Å². The van der Waals surface area contributed by atoms with Gasteiger partial charge in [-0.2, -0.15) is 0 Å².